The lowest BCUT2D eigenvalue weighted by Crippen LogP contribution is -2.09. The first-order valence-corrected chi connectivity index (χ1v) is 16.3. The maximum Gasteiger partial charge on any atom is 0.155 e. The molecule has 0 aromatic heterocycles. The van der Waals surface area contributed by atoms with Gasteiger partial charge in [0, 0.05) is 16.5 Å². The molecule has 1 unspecified atom stereocenters. The van der Waals surface area contributed by atoms with E-state index in [1.54, 1.807) is 0 Å². The molecule has 2 rings (SSSR count). The Bertz CT molecular complexity index is 712. The third-order valence-electron chi connectivity index (χ3n) is 6.96. The molecular formula is C33H53OS+. The third-order valence-corrected chi connectivity index (χ3v) is 9.27. The van der Waals surface area contributed by atoms with E-state index in [0.29, 0.717) is 0 Å². The Morgan fingerprint density at radius 3 is 1.51 bits per heavy atom. The molecule has 196 valence electrons. The minimum Gasteiger partial charge on any atom is -0.494 e. The highest BCUT2D eigenvalue weighted by molar-refractivity contribution is 7.96. The van der Waals surface area contributed by atoms with Crippen LogP contribution in [0, 0.1) is 0 Å². The normalized spacial score (nSPS) is 12.1. The highest BCUT2D eigenvalue weighted by atomic mass is 32.2. The van der Waals surface area contributed by atoms with E-state index in [1.165, 1.54) is 119 Å². The lowest BCUT2D eigenvalue weighted by Gasteiger charge is -2.09. The molecule has 0 spiro atoms. The van der Waals surface area contributed by atoms with Crippen LogP contribution in [0.3, 0.4) is 0 Å². The van der Waals surface area contributed by atoms with Gasteiger partial charge < -0.3 is 4.74 Å². The Morgan fingerprint density at radius 2 is 1.03 bits per heavy atom. The number of rotatable bonds is 22. The Hall–Kier alpha value is -1.41. The summed E-state index contributed by atoms with van der Waals surface area (Å²) in [6.07, 6.45) is 22.5. The van der Waals surface area contributed by atoms with Gasteiger partial charge in [-0.25, -0.2) is 0 Å². The van der Waals surface area contributed by atoms with Gasteiger partial charge in [-0.15, -0.1) is 0 Å². The predicted molar refractivity (Wildman–Crippen MR) is 158 cm³/mol. The highest BCUT2D eigenvalue weighted by Crippen LogP contribution is 2.22. The lowest BCUT2D eigenvalue weighted by atomic mass is 10.0. The second-order valence-corrected chi connectivity index (χ2v) is 12.4. The molecule has 0 aliphatic rings. The first kappa shape index (κ1) is 29.8. The topological polar surface area (TPSA) is 9.23 Å². The number of benzene rings is 2. The molecule has 0 heterocycles. The van der Waals surface area contributed by atoms with E-state index in [0.717, 1.165) is 18.1 Å². The zero-order chi connectivity index (χ0) is 24.8. The standard InChI is InChI=1S/C33H53OS/c1-3-5-6-7-8-9-10-11-12-13-14-15-16-17-18-22-29-34-32-25-27-33(28-26-32)35(4-2)30-31-23-20-19-21-24-31/h19-21,23-28H,3-18,22,29-30H2,1-2H3/q+1. The van der Waals surface area contributed by atoms with E-state index in [9.17, 15) is 0 Å². The summed E-state index contributed by atoms with van der Waals surface area (Å²) in [7, 11) is 0.272. The van der Waals surface area contributed by atoms with Crippen LogP contribution in [0.5, 0.6) is 5.75 Å². The Kier molecular flexibility index (Phi) is 17.7. The van der Waals surface area contributed by atoms with Crippen molar-refractivity contribution in [2.24, 2.45) is 0 Å². The monoisotopic (exact) mass is 497 g/mol. The average Bonchev–Trinajstić information content (AvgIpc) is 2.90. The van der Waals surface area contributed by atoms with Crippen LogP contribution in [0.25, 0.3) is 0 Å². The van der Waals surface area contributed by atoms with Crippen molar-refractivity contribution in [3.05, 3.63) is 60.2 Å². The quantitative estimate of drug-likeness (QED) is 0.116. The molecule has 2 heteroatoms. The SMILES string of the molecule is CCCCCCCCCCCCCCCCCCOc1ccc([S+](CC)Cc2ccccc2)cc1. The van der Waals surface area contributed by atoms with Crippen molar-refractivity contribution in [2.45, 2.75) is 127 Å². The van der Waals surface area contributed by atoms with E-state index in [1.807, 2.05) is 0 Å². The van der Waals surface area contributed by atoms with Crippen LogP contribution in [-0.2, 0) is 16.6 Å². The molecule has 35 heavy (non-hydrogen) atoms. The summed E-state index contributed by atoms with van der Waals surface area (Å²) < 4.78 is 6.01. The molecule has 2 aromatic carbocycles. The maximum absolute atomic E-state index is 6.01. The average molecular weight is 498 g/mol. The van der Waals surface area contributed by atoms with Gasteiger partial charge in [0.05, 0.1) is 6.61 Å². The van der Waals surface area contributed by atoms with Gasteiger partial charge in [0.1, 0.15) is 17.3 Å². The van der Waals surface area contributed by atoms with E-state index >= 15 is 0 Å². The number of hydrogen-bond donors (Lipinski definition) is 0. The molecule has 2 aromatic rings. The molecule has 0 bridgehead atoms. The van der Waals surface area contributed by atoms with Crippen molar-refractivity contribution in [2.75, 3.05) is 12.4 Å². The number of unbranched alkanes of at least 4 members (excludes halogenated alkanes) is 15. The van der Waals surface area contributed by atoms with Crippen molar-refractivity contribution in [1.82, 2.24) is 0 Å². The fraction of sp³-hybridized carbons (Fsp3) is 0.636. The molecule has 0 saturated carbocycles. The molecule has 0 aliphatic carbocycles. The van der Waals surface area contributed by atoms with Crippen LogP contribution in [-0.4, -0.2) is 12.4 Å². The van der Waals surface area contributed by atoms with Crippen LogP contribution in [0.1, 0.15) is 122 Å². The second kappa shape index (κ2) is 20.7. The first-order chi connectivity index (χ1) is 17.3. The minimum absolute atomic E-state index is 0.272. The van der Waals surface area contributed by atoms with Gasteiger partial charge in [-0.2, -0.15) is 0 Å². The summed E-state index contributed by atoms with van der Waals surface area (Å²) in [6.45, 7) is 5.44. The van der Waals surface area contributed by atoms with Crippen LogP contribution >= 0.6 is 0 Å². The molecule has 0 aliphatic heterocycles. The second-order valence-electron chi connectivity index (χ2n) is 10.0. The predicted octanol–water partition coefficient (Wildman–Crippen LogP) is 10.5. The zero-order valence-electron chi connectivity index (χ0n) is 22.9. The van der Waals surface area contributed by atoms with Crippen LogP contribution < -0.4 is 4.74 Å². The van der Waals surface area contributed by atoms with E-state index in [4.69, 9.17) is 4.74 Å². The van der Waals surface area contributed by atoms with Gasteiger partial charge in [0.25, 0.3) is 0 Å². The molecule has 1 atom stereocenters. The third kappa shape index (κ3) is 14.7. The summed E-state index contributed by atoms with van der Waals surface area (Å²) in [5.41, 5.74) is 1.43. The Morgan fingerprint density at radius 1 is 0.543 bits per heavy atom. The fourth-order valence-electron chi connectivity index (χ4n) is 4.70. The summed E-state index contributed by atoms with van der Waals surface area (Å²) in [5.74, 6) is 3.35. The van der Waals surface area contributed by atoms with E-state index in [2.05, 4.69) is 68.4 Å². The van der Waals surface area contributed by atoms with Crippen molar-refractivity contribution in [3.63, 3.8) is 0 Å². The molecular weight excluding hydrogens is 444 g/mol. The number of hydrogen-bond acceptors (Lipinski definition) is 1. The zero-order valence-corrected chi connectivity index (χ0v) is 23.8. The van der Waals surface area contributed by atoms with Gasteiger partial charge in [0.2, 0.25) is 0 Å². The van der Waals surface area contributed by atoms with E-state index in [-0.39, 0.29) is 10.9 Å². The molecule has 0 amide bonds. The molecule has 0 radical (unpaired) electrons. The molecule has 0 fully saturated rings. The number of ether oxygens (including phenoxy) is 1. The smallest absolute Gasteiger partial charge is 0.155 e. The summed E-state index contributed by atoms with van der Waals surface area (Å²) >= 11 is 0. The van der Waals surface area contributed by atoms with Gasteiger partial charge in [-0.1, -0.05) is 134 Å². The molecule has 0 saturated heterocycles. The Labute approximate surface area is 220 Å². The summed E-state index contributed by atoms with van der Waals surface area (Å²) in [6, 6.07) is 19.8. The summed E-state index contributed by atoms with van der Waals surface area (Å²) in [4.78, 5) is 1.45. The Balaban J connectivity index is 1.42. The summed E-state index contributed by atoms with van der Waals surface area (Å²) in [5, 5.41) is 0. The van der Waals surface area contributed by atoms with Crippen molar-refractivity contribution in [3.8, 4) is 5.75 Å². The van der Waals surface area contributed by atoms with E-state index < -0.39 is 0 Å². The largest absolute Gasteiger partial charge is 0.494 e. The molecule has 1 nitrogen and oxygen atoms in total. The molecule has 0 N–H and O–H groups in total. The highest BCUT2D eigenvalue weighted by Gasteiger charge is 2.19. The van der Waals surface area contributed by atoms with Gasteiger partial charge >= 0.3 is 0 Å². The first-order valence-electron chi connectivity index (χ1n) is 14.8. The van der Waals surface area contributed by atoms with Crippen LogP contribution in [0.4, 0.5) is 0 Å². The maximum atomic E-state index is 6.01. The lowest BCUT2D eigenvalue weighted by molar-refractivity contribution is 0.304. The fourth-order valence-corrected chi connectivity index (χ4v) is 6.52. The van der Waals surface area contributed by atoms with Gasteiger partial charge in [0.15, 0.2) is 4.90 Å². The van der Waals surface area contributed by atoms with Crippen molar-refractivity contribution >= 4 is 10.9 Å². The van der Waals surface area contributed by atoms with Crippen LogP contribution in [0.2, 0.25) is 0 Å². The van der Waals surface area contributed by atoms with Gasteiger partial charge in [-0.3, -0.25) is 0 Å². The van der Waals surface area contributed by atoms with Crippen LogP contribution in [0.15, 0.2) is 59.5 Å². The minimum atomic E-state index is 0.272. The van der Waals surface area contributed by atoms with Gasteiger partial charge in [-0.05, 0) is 37.6 Å². The van der Waals surface area contributed by atoms with Crippen molar-refractivity contribution < 1.29 is 4.74 Å². The van der Waals surface area contributed by atoms with Crippen molar-refractivity contribution in [1.29, 1.82) is 0 Å².